The van der Waals surface area contributed by atoms with Gasteiger partial charge < -0.3 is 19.9 Å². The van der Waals surface area contributed by atoms with Crippen LogP contribution in [0.2, 0.25) is 0 Å². The quantitative estimate of drug-likeness (QED) is 0.454. The fraction of sp³-hybridized carbons (Fsp3) is 0.406. The first-order valence-corrected chi connectivity index (χ1v) is 16.1. The zero-order valence-electron chi connectivity index (χ0n) is 24.3. The molecule has 3 heterocycles. The predicted molar refractivity (Wildman–Crippen MR) is 159 cm³/mol. The van der Waals surface area contributed by atoms with Crippen LogP contribution < -0.4 is 14.8 Å². The van der Waals surface area contributed by atoms with Crippen molar-refractivity contribution in [3.05, 3.63) is 77.9 Å². The number of benzene rings is 3. The van der Waals surface area contributed by atoms with E-state index in [1.807, 2.05) is 24.3 Å². The van der Waals surface area contributed by atoms with Crippen LogP contribution in [-0.2, 0) is 21.4 Å². The van der Waals surface area contributed by atoms with Crippen LogP contribution in [0.4, 0.5) is 8.78 Å². The van der Waals surface area contributed by atoms with Gasteiger partial charge in [-0.15, -0.1) is 0 Å². The van der Waals surface area contributed by atoms with Crippen LogP contribution >= 0.6 is 0 Å². The van der Waals surface area contributed by atoms with Gasteiger partial charge in [-0.25, -0.2) is 17.2 Å². The molecule has 3 aromatic rings. The second-order valence-electron chi connectivity index (χ2n) is 11.8. The van der Waals surface area contributed by atoms with Crippen molar-refractivity contribution < 1.29 is 36.6 Å². The summed E-state index contributed by atoms with van der Waals surface area (Å²) in [5.41, 5.74) is 1.53. The van der Waals surface area contributed by atoms with E-state index in [0.717, 1.165) is 21.5 Å². The van der Waals surface area contributed by atoms with Gasteiger partial charge in [0.15, 0.2) is 11.6 Å². The maximum absolute atomic E-state index is 14.0. The minimum Gasteiger partial charge on any atom is -0.497 e. The van der Waals surface area contributed by atoms with Crippen molar-refractivity contribution in [1.29, 1.82) is 0 Å². The van der Waals surface area contributed by atoms with E-state index in [0.29, 0.717) is 50.2 Å². The summed E-state index contributed by atoms with van der Waals surface area (Å²) in [4.78, 5) is 15.8. The van der Waals surface area contributed by atoms with Gasteiger partial charge in [0.25, 0.3) is 0 Å². The Bertz CT molecular complexity index is 1660. The molecule has 2 fully saturated rings. The van der Waals surface area contributed by atoms with Crippen molar-refractivity contribution in [2.24, 2.45) is 0 Å². The van der Waals surface area contributed by atoms with Crippen molar-refractivity contribution in [3.63, 3.8) is 0 Å². The lowest BCUT2D eigenvalue weighted by atomic mass is 9.84. The maximum atomic E-state index is 14.0. The SMILES string of the molecule is COc1cccc(-c2ccc3c(c2)OCCC2(CCN(Cc4ccc(F)c(F)c4)CC2)NC(=O)[C@@H]2C[C@@H](O)CN2S3(=O)=O)c1. The number of fused-ring (bicyclic) bond motifs is 2. The summed E-state index contributed by atoms with van der Waals surface area (Å²) in [5, 5.41) is 13.7. The van der Waals surface area contributed by atoms with E-state index in [1.165, 1.54) is 12.1 Å². The molecule has 0 bridgehead atoms. The minimum absolute atomic E-state index is 0.0124. The topological polar surface area (TPSA) is 108 Å². The average Bonchev–Trinajstić information content (AvgIpc) is 3.42. The Kier molecular flexibility index (Phi) is 8.35. The smallest absolute Gasteiger partial charge is 0.247 e. The Hall–Kier alpha value is -3.58. The lowest BCUT2D eigenvalue weighted by Gasteiger charge is -2.43. The summed E-state index contributed by atoms with van der Waals surface area (Å²) in [6.45, 7) is 1.53. The first-order chi connectivity index (χ1) is 21.1. The summed E-state index contributed by atoms with van der Waals surface area (Å²) in [6, 6.07) is 15.1. The molecule has 234 valence electrons. The molecule has 1 spiro atoms. The fourth-order valence-corrected chi connectivity index (χ4v) is 8.15. The summed E-state index contributed by atoms with van der Waals surface area (Å²) < 4.78 is 67.8. The number of rotatable bonds is 4. The zero-order valence-corrected chi connectivity index (χ0v) is 25.2. The maximum Gasteiger partial charge on any atom is 0.247 e. The van der Waals surface area contributed by atoms with Crippen molar-refractivity contribution in [2.75, 3.05) is 33.4 Å². The van der Waals surface area contributed by atoms with E-state index in [9.17, 15) is 27.1 Å². The molecular weight excluding hydrogens is 592 g/mol. The standard InChI is InChI=1S/C32H35F2N3O6S/c1-42-25-4-2-3-22(16-25)23-6-8-30-29(17-23)43-14-11-32(35-31(39)28-18-24(38)20-37(28)44(30,40)41)9-12-36(13-10-32)19-21-5-7-26(33)27(34)15-21/h2-8,15-17,24,28,38H,9-14,18-20H2,1H3,(H,35,39)/t24-,28+/m1/s1. The van der Waals surface area contributed by atoms with Gasteiger partial charge in [-0.05, 0) is 65.9 Å². The molecule has 12 heteroatoms. The Morgan fingerprint density at radius 2 is 1.80 bits per heavy atom. The first kappa shape index (κ1) is 30.4. The number of sulfonamides is 1. The lowest BCUT2D eigenvalue weighted by molar-refractivity contribution is -0.127. The van der Waals surface area contributed by atoms with Crippen LogP contribution in [0.15, 0.2) is 65.6 Å². The molecule has 0 aliphatic carbocycles. The van der Waals surface area contributed by atoms with Gasteiger partial charge in [0, 0.05) is 44.6 Å². The van der Waals surface area contributed by atoms with E-state index in [2.05, 4.69) is 10.2 Å². The number of carbonyl (C=O) groups is 1. The number of methoxy groups -OCH3 is 1. The molecule has 1 amide bonds. The molecule has 0 aromatic heterocycles. The highest BCUT2D eigenvalue weighted by atomic mass is 32.2. The Balaban J connectivity index is 1.29. The van der Waals surface area contributed by atoms with Crippen LogP contribution in [0.5, 0.6) is 11.5 Å². The molecule has 0 radical (unpaired) electrons. The second kappa shape index (κ2) is 12.1. The molecule has 44 heavy (non-hydrogen) atoms. The highest BCUT2D eigenvalue weighted by molar-refractivity contribution is 7.89. The highest BCUT2D eigenvalue weighted by Crippen LogP contribution is 2.38. The summed E-state index contributed by atoms with van der Waals surface area (Å²) >= 11 is 0. The van der Waals surface area contributed by atoms with Gasteiger partial charge in [0.1, 0.15) is 22.4 Å². The monoisotopic (exact) mass is 627 g/mol. The van der Waals surface area contributed by atoms with E-state index < -0.39 is 45.2 Å². The number of carbonyl (C=O) groups excluding carboxylic acids is 1. The number of piperidine rings is 1. The molecular formula is C32H35F2N3O6S. The molecule has 6 rings (SSSR count). The van der Waals surface area contributed by atoms with Crippen LogP contribution in [0.3, 0.4) is 0 Å². The fourth-order valence-electron chi connectivity index (χ4n) is 6.40. The van der Waals surface area contributed by atoms with E-state index >= 15 is 0 Å². The summed E-state index contributed by atoms with van der Waals surface area (Å²) in [5.74, 6) is -1.40. The zero-order chi connectivity index (χ0) is 31.1. The Labute approximate surface area is 255 Å². The van der Waals surface area contributed by atoms with Gasteiger partial charge in [0.2, 0.25) is 15.9 Å². The number of likely N-dealkylation sites (tertiary alicyclic amines) is 1. The number of aliphatic hydroxyl groups is 1. The van der Waals surface area contributed by atoms with Crippen molar-refractivity contribution in [2.45, 2.75) is 54.8 Å². The lowest BCUT2D eigenvalue weighted by Crippen LogP contribution is -2.59. The van der Waals surface area contributed by atoms with Crippen LogP contribution in [-0.4, -0.2) is 79.7 Å². The van der Waals surface area contributed by atoms with Crippen LogP contribution in [0.25, 0.3) is 11.1 Å². The molecule has 3 aliphatic heterocycles. The third-order valence-corrected chi connectivity index (χ3v) is 10.8. The summed E-state index contributed by atoms with van der Waals surface area (Å²) in [6.07, 6.45) is 0.518. The Morgan fingerprint density at radius 3 is 2.55 bits per heavy atom. The number of halogens is 2. The highest BCUT2D eigenvalue weighted by Gasteiger charge is 2.47. The van der Waals surface area contributed by atoms with Gasteiger partial charge in [-0.1, -0.05) is 24.3 Å². The van der Waals surface area contributed by atoms with E-state index in [4.69, 9.17) is 9.47 Å². The predicted octanol–water partition coefficient (Wildman–Crippen LogP) is 3.70. The molecule has 2 atom stereocenters. The number of aliphatic hydroxyl groups excluding tert-OH is 1. The number of amides is 1. The number of hydrogen-bond donors (Lipinski definition) is 2. The third kappa shape index (κ3) is 6.03. The molecule has 3 aliphatic rings. The van der Waals surface area contributed by atoms with E-state index in [1.54, 1.807) is 25.3 Å². The van der Waals surface area contributed by atoms with Gasteiger partial charge in [0.05, 0.1) is 19.8 Å². The molecule has 2 saturated heterocycles. The molecule has 0 unspecified atom stereocenters. The third-order valence-electron chi connectivity index (χ3n) is 8.90. The largest absolute Gasteiger partial charge is 0.497 e. The molecule has 3 aromatic carbocycles. The second-order valence-corrected chi connectivity index (χ2v) is 13.6. The summed E-state index contributed by atoms with van der Waals surface area (Å²) in [7, 11) is -2.63. The van der Waals surface area contributed by atoms with Gasteiger partial charge in [-0.3, -0.25) is 9.69 Å². The number of nitrogens with zero attached hydrogens (tertiary/aromatic N) is 2. The number of nitrogens with one attached hydrogen (secondary N) is 1. The average molecular weight is 628 g/mol. The molecule has 0 saturated carbocycles. The van der Waals surface area contributed by atoms with Crippen LogP contribution in [0, 0.1) is 11.6 Å². The van der Waals surface area contributed by atoms with Crippen molar-refractivity contribution in [1.82, 2.24) is 14.5 Å². The van der Waals surface area contributed by atoms with Gasteiger partial charge >= 0.3 is 0 Å². The molecule has 9 nitrogen and oxygen atoms in total. The number of hydrogen-bond acceptors (Lipinski definition) is 7. The van der Waals surface area contributed by atoms with Gasteiger partial charge in [-0.2, -0.15) is 4.31 Å². The van der Waals surface area contributed by atoms with Crippen LogP contribution in [0.1, 0.15) is 31.2 Å². The minimum atomic E-state index is -4.21. The number of ether oxygens (including phenoxy) is 2. The van der Waals surface area contributed by atoms with Crippen molar-refractivity contribution >= 4 is 15.9 Å². The normalized spacial score (nSPS) is 23.6. The van der Waals surface area contributed by atoms with E-state index in [-0.39, 0.29) is 30.2 Å². The van der Waals surface area contributed by atoms with Crippen molar-refractivity contribution in [3.8, 4) is 22.6 Å². The molecule has 2 N–H and O–H groups in total. The Morgan fingerprint density at radius 1 is 1.02 bits per heavy atom. The first-order valence-electron chi connectivity index (χ1n) is 14.7.